The molecule has 2 unspecified atom stereocenters. The topological polar surface area (TPSA) is 115 Å². The Balaban J connectivity index is 1.90. The molecular weight excluding hydrogens is 430 g/mol. The van der Waals surface area contributed by atoms with Crippen molar-refractivity contribution < 1.29 is 29.7 Å². The quantitative estimate of drug-likeness (QED) is 0.290. The molecule has 0 aromatic heterocycles. The predicted molar refractivity (Wildman–Crippen MR) is 124 cm³/mol. The molecule has 1 amide bonds. The number of benzene rings is 1. The average Bonchev–Trinajstić information content (AvgIpc) is 2.72. The number of carbonyl (C=O) groups is 3. The van der Waals surface area contributed by atoms with Crippen LogP contribution in [0.25, 0.3) is 0 Å². The second kappa shape index (κ2) is 12.8. The molecule has 4 atom stereocenters. The van der Waals surface area contributed by atoms with Gasteiger partial charge in [-0.2, -0.15) is 0 Å². The maximum absolute atomic E-state index is 12.6. The molecule has 178 valence electrons. The zero-order chi connectivity index (χ0) is 23.7. The summed E-state index contributed by atoms with van der Waals surface area (Å²) in [6.45, 7) is 4.82. The summed E-state index contributed by atoms with van der Waals surface area (Å²) in [6.07, 6.45) is 5.32. The molecule has 2 rings (SSSR count). The van der Waals surface area contributed by atoms with Gasteiger partial charge in [0.1, 0.15) is 5.44 Å². The summed E-state index contributed by atoms with van der Waals surface area (Å²) in [4.78, 5) is 37.1. The van der Waals surface area contributed by atoms with Gasteiger partial charge in [0.05, 0.1) is 5.56 Å². The number of aliphatic carboxylic acids is 1. The van der Waals surface area contributed by atoms with E-state index in [2.05, 4.69) is 13.8 Å². The first kappa shape index (κ1) is 26.2. The first-order chi connectivity index (χ1) is 15.2. The Hall–Kier alpha value is -2.06. The second-order valence-electron chi connectivity index (χ2n) is 8.84. The summed E-state index contributed by atoms with van der Waals surface area (Å²) in [6, 6.07) is 6.61. The number of aliphatic hydroxyl groups excluding tert-OH is 1. The number of carbonyl (C=O) groups excluding carboxylic acids is 1. The molecule has 1 heterocycles. The van der Waals surface area contributed by atoms with E-state index in [9.17, 15) is 19.5 Å². The Bertz CT molecular complexity index is 786. The highest BCUT2D eigenvalue weighted by Gasteiger charge is 2.32. The number of thioether (sulfide) groups is 1. The lowest BCUT2D eigenvalue weighted by atomic mass is 9.88. The fraction of sp³-hybridized carbons (Fsp3) is 0.625. The van der Waals surface area contributed by atoms with E-state index in [-0.39, 0.29) is 29.9 Å². The summed E-state index contributed by atoms with van der Waals surface area (Å²) >= 11 is 1.24. The third kappa shape index (κ3) is 8.47. The molecule has 7 nitrogen and oxygen atoms in total. The molecule has 1 aromatic carbocycles. The Morgan fingerprint density at radius 2 is 1.97 bits per heavy atom. The molecule has 1 aliphatic heterocycles. The number of carboxylic acid groups (broad SMARTS) is 2. The van der Waals surface area contributed by atoms with Gasteiger partial charge in [-0.15, -0.1) is 0 Å². The van der Waals surface area contributed by atoms with Crippen molar-refractivity contribution in [2.75, 3.05) is 6.54 Å². The lowest BCUT2D eigenvalue weighted by Crippen LogP contribution is -2.48. The second-order valence-corrected chi connectivity index (χ2v) is 10.1. The van der Waals surface area contributed by atoms with E-state index in [4.69, 9.17) is 10.2 Å². The van der Waals surface area contributed by atoms with Crippen LogP contribution in [0.15, 0.2) is 29.2 Å². The van der Waals surface area contributed by atoms with Gasteiger partial charge in [0.2, 0.25) is 5.91 Å². The lowest BCUT2D eigenvalue weighted by molar-refractivity contribution is -0.138. The third-order valence-corrected chi connectivity index (χ3v) is 7.14. The van der Waals surface area contributed by atoms with Crippen molar-refractivity contribution in [3.05, 3.63) is 29.8 Å². The fourth-order valence-corrected chi connectivity index (χ4v) is 5.38. The zero-order valence-corrected chi connectivity index (χ0v) is 19.7. The summed E-state index contributed by atoms with van der Waals surface area (Å²) in [5, 5.41) is 28.5. The van der Waals surface area contributed by atoms with Crippen molar-refractivity contribution in [3.8, 4) is 0 Å². The zero-order valence-electron chi connectivity index (χ0n) is 18.9. The Kier molecular flexibility index (Phi) is 10.5. The SMILES string of the molecule is C[C@@H](CCCC(=O)O)CCN1C(=O)CCCC1[C@@H](C)CC(O)Sc1cccc(C(=O)O)c1. The average molecular weight is 466 g/mol. The van der Waals surface area contributed by atoms with Crippen LogP contribution in [0.3, 0.4) is 0 Å². The lowest BCUT2D eigenvalue weighted by Gasteiger charge is -2.40. The Morgan fingerprint density at radius 1 is 1.22 bits per heavy atom. The molecular formula is C24H35NO6S. The standard InChI is InChI=1S/C24H35NO6S/c1-16(6-3-11-22(27)28)12-13-25-20(9-5-10-21(25)26)17(2)14-23(29)32-19-8-4-7-18(15-19)24(30)31/h4,7-8,15-17,20,23,29H,3,5-6,9-14H2,1-2H3,(H,27,28)(H,30,31)/t16-,17-,20?,23?/m0/s1. The number of hydrogen-bond donors (Lipinski definition) is 3. The van der Waals surface area contributed by atoms with E-state index in [1.54, 1.807) is 18.2 Å². The predicted octanol–water partition coefficient (Wildman–Crippen LogP) is 4.48. The largest absolute Gasteiger partial charge is 0.481 e. The van der Waals surface area contributed by atoms with Gasteiger partial charge in [0, 0.05) is 30.3 Å². The molecule has 1 saturated heterocycles. The van der Waals surface area contributed by atoms with Crippen molar-refractivity contribution in [1.82, 2.24) is 4.90 Å². The first-order valence-corrected chi connectivity index (χ1v) is 12.2. The van der Waals surface area contributed by atoms with E-state index < -0.39 is 17.4 Å². The maximum atomic E-state index is 12.6. The van der Waals surface area contributed by atoms with E-state index in [0.29, 0.717) is 36.6 Å². The molecule has 0 radical (unpaired) electrons. The van der Waals surface area contributed by atoms with Crippen LogP contribution in [-0.4, -0.2) is 56.1 Å². The molecule has 0 saturated carbocycles. The third-order valence-electron chi connectivity index (χ3n) is 6.14. The van der Waals surface area contributed by atoms with E-state index in [1.807, 2.05) is 4.90 Å². The van der Waals surface area contributed by atoms with Gasteiger partial charge in [0.15, 0.2) is 0 Å². The van der Waals surface area contributed by atoms with Gasteiger partial charge in [-0.05, 0) is 62.1 Å². The molecule has 0 aliphatic carbocycles. The highest BCUT2D eigenvalue weighted by molar-refractivity contribution is 7.99. The van der Waals surface area contributed by atoms with Crippen LogP contribution in [0.2, 0.25) is 0 Å². The number of hydrogen-bond acceptors (Lipinski definition) is 5. The van der Waals surface area contributed by atoms with E-state index in [1.165, 1.54) is 17.8 Å². The minimum atomic E-state index is -0.996. The van der Waals surface area contributed by atoms with E-state index in [0.717, 1.165) is 25.7 Å². The molecule has 1 aromatic rings. The summed E-state index contributed by atoms with van der Waals surface area (Å²) < 4.78 is 0. The van der Waals surface area contributed by atoms with Crippen LogP contribution in [-0.2, 0) is 9.59 Å². The van der Waals surface area contributed by atoms with Gasteiger partial charge in [-0.1, -0.05) is 38.1 Å². The van der Waals surface area contributed by atoms with Crippen molar-refractivity contribution >= 4 is 29.6 Å². The van der Waals surface area contributed by atoms with Crippen LogP contribution in [0.1, 0.15) is 75.6 Å². The van der Waals surface area contributed by atoms with Crippen LogP contribution < -0.4 is 0 Å². The number of likely N-dealkylation sites (tertiary alicyclic amines) is 1. The number of rotatable bonds is 13. The maximum Gasteiger partial charge on any atom is 0.335 e. The number of carboxylic acids is 2. The summed E-state index contributed by atoms with van der Waals surface area (Å²) in [5.74, 6) is -1.16. The highest BCUT2D eigenvalue weighted by Crippen LogP contribution is 2.32. The summed E-state index contributed by atoms with van der Waals surface area (Å²) in [5.41, 5.74) is -0.500. The molecule has 1 aliphatic rings. The fourth-order valence-electron chi connectivity index (χ4n) is 4.32. The van der Waals surface area contributed by atoms with Crippen molar-refractivity contribution in [2.45, 2.75) is 81.6 Å². The minimum absolute atomic E-state index is 0.0723. The van der Waals surface area contributed by atoms with Crippen LogP contribution in [0.5, 0.6) is 0 Å². The van der Waals surface area contributed by atoms with Gasteiger partial charge in [-0.3, -0.25) is 9.59 Å². The van der Waals surface area contributed by atoms with Gasteiger partial charge >= 0.3 is 11.9 Å². The van der Waals surface area contributed by atoms with Crippen molar-refractivity contribution in [2.24, 2.45) is 11.8 Å². The highest BCUT2D eigenvalue weighted by atomic mass is 32.2. The van der Waals surface area contributed by atoms with Gasteiger partial charge in [0.25, 0.3) is 0 Å². The molecule has 1 fully saturated rings. The van der Waals surface area contributed by atoms with Gasteiger partial charge < -0.3 is 20.2 Å². The number of nitrogens with zero attached hydrogens (tertiary/aromatic N) is 1. The number of aromatic carboxylic acids is 1. The Labute approximate surface area is 194 Å². The van der Waals surface area contributed by atoms with Crippen LogP contribution in [0, 0.1) is 11.8 Å². The number of aliphatic hydroxyl groups is 1. The van der Waals surface area contributed by atoms with Crippen molar-refractivity contribution in [3.63, 3.8) is 0 Å². The van der Waals surface area contributed by atoms with E-state index >= 15 is 0 Å². The van der Waals surface area contributed by atoms with Crippen LogP contribution in [0.4, 0.5) is 0 Å². The number of piperidine rings is 1. The molecule has 32 heavy (non-hydrogen) atoms. The summed E-state index contributed by atoms with van der Waals surface area (Å²) in [7, 11) is 0. The minimum Gasteiger partial charge on any atom is -0.481 e. The molecule has 3 N–H and O–H groups in total. The smallest absolute Gasteiger partial charge is 0.335 e. The van der Waals surface area contributed by atoms with Gasteiger partial charge in [-0.25, -0.2) is 4.79 Å². The number of amides is 1. The normalized spacial score (nSPS) is 19.4. The Morgan fingerprint density at radius 3 is 2.66 bits per heavy atom. The first-order valence-electron chi connectivity index (χ1n) is 11.4. The molecule has 0 bridgehead atoms. The van der Waals surface area contributed by atoms with Crippen molar-refractivity contribution in [1.29, 1.82) is 0 Å². The van der Waals surface area contributed by atoms with Crippen LogP contribution >= 0.6 is 11.8 Å². The molecule has 0 spiro atoms. The molecule has 8 heteroatoms. The monoisotopic (exact) mass is 465 g/mol.